The minimum Gasteiger partial charge on any atom is -0.309 e. The van der Waals surface area contributed by atoms with E-state index in [-0.39, 0.29) is 0 Å². The molecule has 0 spiro atoms. The summed E-state index contributed by atoms with van der Waals surface area (Å²) in [5, 5.41) is 3.39. The number of hydrogen-bond donors (Lipinski definition) is 1. The highest BCUT2D eigenvalue weighted by Gasteiger charge is 2.04. The SMILES string of the molecule is Cc1cc(CNC(C)C)nc(CSCC(C)C)n1. The molecule has 0 unspecified atom stereocenters. The summed E-state index contributed by atoms with van der Waals surface area (Å²) in [6.07, 6.45) is 0. The molecule has 0 saturated carbocycles. The van der Waals surface area contributed by atoms with E-state index in [0.29, 0.717) is 6.04 Å². The van der Waals surface area contributed by atoms with Crippen LogP contribution in [-0.4, -0.2) is 21.8 Å². The van der Waals surface area contributed by atoms with Crippen molar-refractivity contribution >= 4 is 11.8 Å². The predicted molar refractivity (Wildman–Crippen MR) is 79.7 cm³/mol. The van der Waals surface area contributed by atoms with E-state index in [1.165, 1.54) is 0 Å². The molecule has 0 amide bonds. The average molecular weight is 267 g/mol. The fraction of sp³-hybridized carbons (Fsp3) is 0.714. The Kier molecular flexibility index (Phi) is 6.65. The monoisotopic (exact) mass is 267 g/mol. The lowest BCUT2D eigenvalue weighted by Crippen LogP contribution is -2.22. The molecule has 0 aliphatic carbocycles. The topological polar surface area (TPSA) is 37.8 Å². The van der Waals surface area contributed by atoms with Crippen LogP contribution in [0.1, 0.15) is 44.9 Å². The van der Waals surface area contributed by atoms with Gasteiger partial charge < -0.3 is 5.32 Å². The van der Waals surface area contributed by atoms with Crippen molar-refractivity contribution in [3.8, 4) is 0 Å². The molecule has 1 aromatic heterocycles. The lowest BCUT2D eigenvalue weighted by Gasteiger charge is -2.10. The van der Waals surface area contributed by atoms with E-state index in [1.54, 1.807) is 0 Å². The highest BCUT2D eigenvalue weighted by molar-refractivity contribution is 7.98. The minimum absolute atomic E-state index is 0.485. The highest BCUT2D eigenvalue weighted by atomic mass is 32.2. The Labute approximate surface area is 115 Å². The van der Waals surface area contributed by atoms with Gasteiger partial charge in [-0.05, 0) is 24.7 Å². The molecular weight excluding hydrogens is 242 g/mol. The summed E-state index contributed by atoms with van der Waals surface area (Å²) in [5.41, 5.74) is 2.15. The van der Waals surface area contributed by atoms with Crippen LogP contribution in [0.5, 0.6) is 0 Å². The molecule has 3 nitrogen and oxygen atoms in total. The Balaban J connectivity index is 2.57. The summed E-state index contributed by atoms with van der Waals surface area (Å²) in [6, 6.07) is 2.55. The molecule has 0 atom stereocenters. The summed E-state index contributed by atoms with van der Waals surface area (Å²) in [4.78, 5) is 9.11. The van der Waals surface area contributed by atoms with Gasteiger partial charge in [0.15, 0.2) is 0 Å². The number of nitrogens with one attached hydrogen (secondary N) is 1. The van der Waals surface area contributed by atoms with Crippen LogP contribution in [0, 0.1) is 12.8 Å². The number of aryl methyl sites for hydroxylation is 1. The van der Waals surface area contributed by atoms with Crippen LogP contribution in [0.25, 0.3) is 0 Å². The van der Waals surface area contributed by atoms with Crippen molar-refractivity contribution in [2.75, 3.05) is 5.75 Å². The van der Waals surface area contributed by atoms with Crippen LogP contribution in [0.2, 0.25) is 0 Å². The normalized spacial score (nSPS) is 11.5. The van der Waals surface area contributed by atoms with Gasteiger partial charge in [-0.3, -0.25) is 0 Å². The third-order valence-corrected chi connectivity index (χ3v) is 3.69. The van der Waals surface area contributed by atoms with Gasteiger partial charge in [0.2, 0.25) is 0 Å². The van der Waals surface area contributed by atoms with Gasteiger partial charge in [0, 0.05) is 18.3 Å². The molecular formula is C14H25N3S. The van der Waals surface area contributed by atoms with Gasteiger partial charge in [-0.2, -0.15) is 11.8 Å². The minimum atomic E-state index is 0.485. The summed E-state index contributed by atoms with van der Waals surface area (Å²) in [6.45, 7) is 11.6. The lowest BCUT2D eigenvalue weighted by atomic mass is 10.3. The predicted octanol–water partition coefficient (Wildman–Crippen LogP) is 3.17. The van der Waals surface area contributed by atoms with Crippen molar-refractivity contribution in [2.45, 2.75) is 53.0 Å². The maximum atomic E-state index is 4.61. The maximum absolute atomic E-state index is 4.61. The molecule has 1 heterocycles. The summed E-state index contributed by atoms with van der Waals surface area (Å²) >= 11 is 1.91. The van der Waals surface area contributed by atoms with Gasteiger partial charge in [0.05, 0.1) is 11.4 Å². The Morgan fingerprint density at radius 2 is 1.94 bits per heavy atom. The molecule has 0 saturated heterocycles. The van der Waals surface area contributed by atoms with Crippen LogP contribution < -0.4 is 5.32 Å². The third kappa shape index (κ3) is 6.36. The average Bonchev–Trinajstić information content (AvgIpc) is 2.25. The number of aromatic nitrogens is 2. The highest BCUT2D eigenvalue weighted by Crippen LogP contribution is 2.13. The lowest BCUT2D eigenvalue weighted by molar-refractivity contribution is 0.579. The first-order valence-corrected chi connectivity index (χ1v) is 7.77. The first kappa shape index (κ1) is 15.4. The fourth-order valence-electron chi connectivity index (χ4n) is 1.55. The number of thioether (sulfide) groups is 1. The third-order valence-electron chi connectivity index (χ3n) is 2.33. The Morgan fingerprint density at radius 1 is 1.22 bits per heavy atom. The molecule has 4 heteroatoms. The standard InChI is InChI=1S/C14H25N3S/c1-10(2)8-18-9-14-16-12(5)6-13(17-14)7-15-11(3)4/h6,10-11,15H,7-9H2,1-5H3. The summed E-state index contributed by atoms with van der Waals surface area (Å²) in [7, 11) is 0. The molecule has 18 heavy (non-hydrogen) atoms. The van der Waals surface area contributed by atoms with E-state index in [4.69, 9.17) is 0 Å². The smallest absolute Gasteiger partial charge is 0.138 e. The van der Waals surface area contributed by atoms with Crippen molar-refractivity contribution in [3.63, 3.8) is 0 Å². The Bertz CT molecular complexity index is 364. The van der Waals surface area contributed by atoms with Gasteiger partial charge >= 0.3 is 0 Å². The second kappa shape index (κ2) is 7.74. The molecule has 0 aliphatic heterocycles. The van der Waals surface area contributed by atoms with Crippen LogP contribution in [0.15, 0.2) is 6.07 Å². The van der Waals surface area contributed by atoms with Crippen molar-refractivity contribution in [3.05, 3.63) is 23.3 Å². The zero-order valence-corrected chi connectivity index (χ0v) is 13.0. The van der Waals surface area contributed by atoms with Gasteiger partial charge in [-0.1, -0.05) is 27.7 Å². The molecule has 0 aromatic carbocycles. The van der Waals surface area contributed by atoms with Gasteiger partial charge in [0.25, 0.3) is 0 Å². The summed E-state index contributed by atoms with van der Waals surface area (Å²) in [5.74, 6) is 3.76. The molecule has 102 valence electrons. The first-order chi connectivity index (χ1) is 8.47. The number of nitrogens with zero attached hydrogens (tertiary/aromatic N) is 2. The van der Waals surface area contributed by atoms with E-state index < -0.39 is 0 Å². The Morgan fingerprint density at radius 3 is 2.56 bits per heavy atom. The van der Waals surface area contributed by atoms with Crippen LogP contribution in [0.3, 0.4) is 0 Å². The Hall–Kier alpha value is -0.610. The van der Waals surface area contributed by atoms with Crippen molar-refractivity contribution in [1.82, 2.24) is 15.3 Å². The fourth-order valence-corrected chi connectivity index (χ4v) is 2.45. The van der Waals surface area contributed by atoms with Gasteiger partial charge in [0.1, 0.15) is 5.82 Å². The molecule has 0 fully saturated rings. The quantitative estimate of drug-likeness (QED) is 0.823. The van der Waals surface area contributed by atoms with Crippen molar-refractivity contribution in [2.24, 2.45) is 5.92 Å². The van der Waals surface area contributed by atoms with Crippen molar-refractivity contribution in [1.29, 1.82) is 0 Å². The molecule has 1 rings (SSSR count). The second-order valence-corrected chi connectivity index (χ2v) is 6.39. The number of hydrogen-bond acceptors (Lipinski definition) is 4. The maximum Gasteiger partial charge on any atom is 0.138 e. The van der Waals surface area contributed by atoms with Crippen LogP contribution >= 0.6 is 11.8 Å². The van der Waals surface area contributed by atoms with E-state index in [0.717, 1.165) is 41.2 Å². The van der Waals surface area contributed by atoms with Gasteiger partial charge in [-0.15, -0.1) is 0 Å². The van der Waals surface area contributed by atoms with Crippen LogP contribution in [0.4, 0.5) is 0 Å². The first-order valence-electron chi connectivity index (χ1n) is 6.62. The molecule has 0 bridgehead atoms. The largest absolute Gasteiger partial charge is 0.309 e. The van der Waals surface area contributed by atoms with Crippen LogP contribution in [-0.2, 0) is 12.3 Å². The van der Waals surface area contributed by atoms with Crippen molar-refractivity contribution < 1.29 is 0 Å². The van der Waals surface area contributed by atoms with E-state index in [2.05, 4.69) is 49.0 Å². The zero-order valence-electron chi connectivity index (χ0n) is 12.2. The molecule has 0 aliphatic rings. The van der Waals surface area contributed by atoms with E-state index >= 15 is 0 Å². The van der Waals surface area contributed by atoms with E-state index in [9.17, 15) is 0 Å². The zero-order chi connectivity index (χ0) is 13.5. The van der Waals surface area contributed by atoms with E-state index in [1.807, 2.05) is 18.7 Å². The molecule has 0 radical (unpaired) electrons. The number of rotatable bonds is 7. The molecule has 1 aromatic rings. The summed E-state index contributed by atoms with van der Waals surface area (Å²) < 4.78 is 0. The van der Waals surface area contributed by atoms with Gasteiger partial charge in [-0.25, -0.2) is 9.97 Å². The second-order valence-electron chi connectivity index (χ2n) is 5.36. The molecule has 1 N–H and O–H groups in total.